The van der Waals surface area contributed by atoms with Crippen LogP contribution >= 0.6 is 0 Å². The van der Waals surface area contributed by atoms with Crippen molar-refractivity contribution < 1.29 is 9.47 Å². The third-order valence-electron chi connectivity index (χ3n) is 5.79. The Morgan fingerprint density at radius 1 is 0.438 bits per heavy atom. The molecule has 0 aliphatic carbocycles. The van der Waals surface area contributed by atoms with E-state index in [1.54, 1.807) is 0 Å². The number of ether oxygens (including phenoxy) is 2. The number of nitrogen functional groups attached to an aromatic ring is 2. The van der Waals surface area contributed by atoms with Crippen LogP contribution in [-0.2, 0) is 0 Å². The predicted molar refractivity (Wildman–Crippen MR) is 132 cm³/mol. The molecule has 2 unspecified atom stereocenters. The minimum Gasteiger partial charge on any atom is -0.457 e. The van der Waals surface area contributed by atoms with Gasteiger partial charge in [0, 0.05) is 11.4 Å². The second-order valence-corrected chi connectivity index (χ2v) is 8.06. The third kappa shape index (κ3) is 5.22. The lowest BCUT2D eigenvalue weighted by molar-refractivity contribution is 0.481. The summed E-state index contributed by atoms with van der Waals surface area (Å²) in [5.41, 5.74) is 15.4. The topological polar surface area (TPSA) is 70.5 Å². The highest BCUT2D eigenvalue weighted by atomic mass is 16.5. The molecule has 4 nitrogen and oxygen atoms in total. The number of nitrogens with two attached hydrogens (primary N) is 2. The number of hydrogen-bond donors (Lipinski definition) is 2. The van der Waals surface area contributed by atoms with Gasteiger partial charge in [-0.15, -0.1) is 0 Å². The van der Waals surface area contributed by atoms with Crippen molar-refractivity contribution in [3.63, 3.8) is 0 Å². The maximum Gasteiger partial charge on any atom is 0.127 e. The Bertz CT molecular complexity index is 1040. The van der Waals surface area contributed by atoms with Crippen molar-refractivity contribution in [2.75, 3.05) is 11.5 Å². The first-order chi connectivity index (χ1) is 15.5. The van der Waals surface area contributed by atoms with Gasteiger partial charge in [-0.2, -0.15) is 0 Å². The van der Waals surface area contributed by atoms with E-state index in [-0.39, 0.29) is 0 Å². The molecule has 4 heteroatoms. The van der Waals surface area contributed by atoms with E-state index in [1.807, 2.05) is 72.8 Å². The summed E-state index contributed by atoms with van der Waals surface area (Å²) in [4.78, 5) is 0. The number of anilines is 2. The van der Waals surface area contributed by atoms with Crippen molar-refractivity contribution in [3.8, 4) is 23.0 Å². The minimum atomic E-state index is 0.351. The zero-order valence-corrected chi connectivity index (χ0v) is 18.4. The molecule has 32 heavy (non-hydrogen) atoms. The lowest BCUT2D eigenvalue weighted by Crippen LogP contribution is -2.04. The number of hydrogen-bond acceptors (Lipinski definition) is 4. The molecule has 0 aliphatic rings. The number of rotatable bonds is 7. The molecular formula is C28H28N2O2. The second-order valence-electron chi connectivity index (χ2n) is 8.06. The van der Waals surface area contributed by atoms with Crippen molar-refractivity contribution in [1.29, 1.82) is 0 Å². The summed E-state index contributed by atoms with van der Waals surface area (Å²) >= 11 is 0. The molecule has 0 bridgehead atoms. The van der Waals surface area contributed by atoms with Crippen LogP contribution in [-0.4, -0.2) is 0 Å². The molecule has 0 radical (unpaired) electrons. The van der Waals surface area contributed by atoms with Gasteiger partial charge in [0.15, 0.2) is 0 Å². The molecule has 4 rings (SSSR count). The lowest BCUT2D eigenvalue weighted by Gasteiger charge is -2.21. The molecule has 0 aliphatic heterocycles. The molecular weight excluding hydrogens is 396 g/mol. The fraction of sp³-hybridized carbons (Fsp3) is 0.143. The van der Waals surface area contributed by atoms with Crippen molar-refractivity contribution in [2.24, 2.45) is 0 Å². The first-order valence-corrected chi connectivity index (χ1v) is 10.7. The van der Waals surface area contributed by atoms with Gasteiger partial charge in [0.2, 0.25) is 0 Å². The van der Waals surface area contributed by atoms with E-state index in [2.05, 4.69) is 38.1 Å². The normalized spacial score (nSPS) is 12.7. The zero-order valence-electron chi connectivity index (χ0n) is 18.4. The molecule has 2 atom stereocenters. The van der Waals surface area contributed by atoms with E-state index in [4.69, 9.17) is 20.9 Å². The maximum atomic E-state index is 5.91. The first kappa shape index (κ1) is 21.3. The van der Waals surface area contributed by atoms with Crippen molar-refractivity contribution >= 4 is 11.4 Å². The van der Waals surface area contributed by atoms with Gasteiger partial charge in [-0.1, -0.05) is 38.1 Å². The molecule has 0 saturated carbocycles. The van der Waals surface area contributed by atoms with Crippen molar-refractivity contribution in [3.05, 3.63) is 108 Å². The maximum absolute atomic E-state index is 5.91. The summed E-state index contributed by atoms with van der Waals surface area (Å²) in [6, 6.07) is 31.4. The molecule has 0 fully saturated rings. The standard InChI is InChI=1S/C28H28N2O2/c1-19(21-3-11-25(12-4-21)31-27-15-7-23(29)8-16-27)20(2)22-5-13-26(14-6-22)32-28-17-9-24(30)10-18-28/h3-20H,29-30H2,1-2H3. The van der Waals surface area contributed by atoms with E-state index in [9.17, 15) is 0 Å². The van der Waals surface area contributed by atoms with Crippen molar-refractivity contribution in [2.45, 2.75) is 25.7 Å². The first-order valence-electron chi connectivity index (χ1n) is 10.7. The van der Waals surface area contributed by atoms with Crippen molar-refractivity contribution in [1.82, 2.24) is 0 Å². The van der Waals surface area contributed by atoms with Gasteiger partial charge in [0.1, 0.15) is 23.0 Å². The van der Waals surface area contributed by atoms with E-state index in [1.165, 1.54) is 11.1 Å². The third-order valence-corrected chi connectivity index (χ3v) is 5.79. The monoisotopic (exact) mass is 424 g/mol. The minimum absolute atomic E-state index is 0.351. The Balaban J connectivity index is 1.39. The zero-order chi connectivity index (χ0) is 22.5. The van der Waals surface area contributed by atoms with Crippen LogP contribution in [0.15, 0.2) is 97.1 Å². The molecule has 4 aromatic carbocycles. The molecule has 0 spiro atoms. The van der Waals surface area contributed by atoms with E-state index < -0.39 is 0 Å². The van der Waals surface area contributed by atoms with Crippen LogP contribution in [0.4, 0.5) is 11.4 Å². The Morgan fingerprint density at radius 2 is 0.688 bits per heavy atom. The molecule has 0 aromatic heterocycles. The second kappa shape index (κ2) is 9.48. The molecule has 4 N–H and O–H groups in total. The van der Waals surface area contributed by atoms with Gasteiger partial charge >= 0.3 is 0 Å². The Labute approximate surface area is 189 Å². The van der Waals surface area contributed by atoms with Gasteiger partial charge in [0.25, 0.3) is 0 Å². The number of benzene rings is 4. The summed E-state index contributed by atoms with van der Waals surface area (Å²) < 4.78 is 11.8. The molecule has 162 valence electrons. The smallest absolute Gasteiger partial charge is 0.127 e. The predicted octanol–water partition coefficient (Wildman–Crippen LogP) is 7.34. The summed E-state index contributed by atoms with van der Waals surface area (Å²) in [5, 5.41) is 0. The lowest BCUT2D eigenvalue weighted by atomic mass is 9.84. The van der Waals surface area contributed by atoms with Crippen LogP contribution in [0.1, 0.15) is 36.8 Å². The SMILES string of the molecule is CC(c1ccc(Oc2ccc(N)cc2)cc1)C(C)c1ccc(Oc2ccc(N)cc2)cc1. The average molecular weight is 425 g/mol. The highest BCUT2D eigenvalue weighted by Crippen LogP contribution is 2.35. The highest BCUT2D eigenvalue weighted by Gasteiger charge is 2.16. The Kier molecular flexibility index (Phi) is 6.31. The largest absolute Gasteiger partial charge is 0.457 e. The van der Waals surface area contributed by atoms with Gasteiger partial charge in [-0.3, -0.25) is 0 Å². The summed E-state index contributed by atoms with van der Waals surface area (Å²) in [6.45, 7) is 4.50. The average Bonchev–Trinajstić information content (AvgIpc) is 2.82. The van der Waals surface area contributed by atoms with Gasteiger partial charge in [-0.05, 0) is 95.8 Å². The molecule has 4 aromatic rings. The summed E-state index contributed by atoms with van der Waals surface area (Å²) in [7, 11) is 0. The summed E-state index contributed by atoms with van der Waals surface area (Å²) in [5.74, 6) is 3.86. The van der Waals surface area contributed by atoms with E-state index in [0.717, 1.165) is 34.4 Å². The summed E-state index contributed by atoms with van der Waals surface area (Å²) in [6.07, 6.45) is 0. The molecule has 0 saturated heterocycles. The van der Waals surface area contributed by atoms with Crippen LogP contribution in [0.2, 0.25) is 0 Å². The van der Waals surface area contributed by atoms with Crippen LogP contribution in [0.5, 0.6) is 23.0 Å². The quantitative estimate of drug-likeness (QED) is 0.304. The van der Waals surface area contributed by atoms with E-state index >= 15 is 0 Å². The molecule has 0 heterocycles. The van der Waals surface area contributed by atoms with E-state index in [0.29, 0.717) is 11.8 Å². The van der Waals surface area contributed by atoms with Gasteiger partial charge < -0.3 is 20.9 Å². The Morgan fingerprint density at radius 3 is 0.969 bits per heavy atom. The van der Waals surface area contributed by atoms with Gasteiger partial charge in [-0.25, -0.2) is 0 Å². The molecule has 0 amide bonds. The fourth-order valence-electron chi connectivity index (χ4n) is 3.60. The van der Waals surface area contributed by atoms with Crippen LogP contribution in [0.3, 0.4) is 0 Å². The van der Waals surface area contributed by atoms with Crippen LogP contribution < -0.4 is 20.9 Å². The van der Waals surface area contributed by atoms with Gasteiger partial charge in [0.05, 0.1) is 0 Å². The Hall–Kier alpha value is -3.92. The highest BCUT2D eigenvalue weighted by molar-refractivity contribution is 5.44. The van der Waals surface area contributed by atoms with Crippen LogP contribution in [0, 0.1) is 0 Å². The fourth-order valence-corrected chi connectivity index (χ4v) is 3.60. The van der Waals surface area contributed by atoms with Crippen LogP contribution in [0.25, 0.3) is 0 Å².